The zero-order valence-corrected chi connectivity index (χ0v) is 12.3. The molecule has 2 rings (SSSR count). The summed E-state index contributed by atoms with van der Waals surface area (Å²) in [5, 5.41) is 7.51. The molecule has 110 valence electrons. The van der Waals surface area contributed by atoms with Gasteiger partial charge in [0.05, 0.1) is 5.56 Å². The lowest BCUT2D eigenvalue weighted by atomic mass is 9.78. The molecule has 0 unspecified atom stereocenters. The second-order valence-electron chi connectivity index (χ2n) is 5.18. The Morgan fingerprint density at radius 3 is 2.50 bits per heavy atom. The van der Waals surface area contributed by atoms with Gasteiger partial charge < -0.3 is 5.32 Å². The van der Waals surface area contributed by atoms with E-state index in [1.165, 1.54) is 0 Å². The molecule has 3 N–H and O–H groups in total. The maximum absolute atomic E-state index is 14.1. The van der Waals surface area contributed by atoms with E-state index in [-0.39, 0.29) is 10.6 Å². The highest BCUT2D eigenvalue weighted by molar-refractivity contribution is 7.89. The van der Waals surface area contributed by atoms with Crippen LogP contribution in [0.15, 0.2) is 17.0 Å². The van der Waals surface area contributed by atoms with Crippen molar-refractivity contribution in [2.45, 2.75) is 36.6 Å². The summed E-state index contributed by atoms with van der Waals surface area (Å²) in [7, 11) is -4.29. The van der Waals surface area contributed by atoms with Crippen molar-refractivity contribution in [1.82, 2.24) is 5.32 Å². The predicted octanol–water partition coefficient (Wildman–Crippen LogP) is 1.80. The molecule has 1 saturated carbocycles. The minimum atomic E-state index is -4.29. The van der Waals surface area contributed by atoms with Gasteiger partial charge in [0.2, 0.25) is 10.0 Å². The summed E-state index contributed by atoms with van der Waals surface area (Å²) in [6.45, 7) is 1.84. The lowest BCUT2D eigenvalue weighted by Crippen LogP contribution is -2.51. The van der Waals surface area contributed by atoms with E-state index in [0.29, 0.717) is 0 Å². The molecule has 0 bridgehead atoms. The van der Waals surface area contributed by atoms with Crippen LogP contribution in [-0.2, 0) is 10.0 Å². The normalized spacial score (nSPS) is 17.4. The minimum Gasteiger partial charge on any atom is -0.347 e. The molecule has 1 fully saturated rings. The van der Waals surface area contributed by atoms with Crippen molar-refractivity contribution < 1.29 is 17.6 Å². The Labute approximate surface area is 121 Å². The van der Waals surface area contributed by atoms with E-state index in [1.54, 1.807) is 0 Å². The molecule has 1 aromatic rings. The van der Waals surface area contributed by atoms with E-state index < -0.39 is 32.2 Å². The fourth-order valence-corrected chi connectivity index (χ4v) is 3.04. The van der Waals surface area contributed by atoms with Gasteiger partial charge in [-0.2, -0.15) is 0 Å². The van der Waals surface area contributed by atoms with Gasteiger partial charge in [-0.25, -0.2) is 17.9 Å². The Bertz CT molecular complexity index is 672. The van der Waals surface area contributed by atoms with Crippen molar-refractivity contribution in [3.8, 4) is 0 Å². The predicted molar refractivity (Wildman–Crippen MR) is 72.5 cm³/mol. The first-order valence-corrected chi connectivity index (χ1v) is 7.89. The third-order valence-electron chi connectivity index (χ3n) is 3.43. The lowest BCUT2D eigenvalue weighted by Gasteiger charge is -2.39. The van der Waals surface area contributed by atoms with Gasteiger partial charge in [-0.15, -0.1) is 0 Å². The van der Waals surface area contributed by atoms with E-state index in [0.717, 1.165) is 31.4 Å². The maximum Gasteiger partial charge on any atom is 0.254 e. The monoisotopic (exact) mass is 320 g/mol. The molecule has 0 saturated heterocycles. The molecule has 20 heavy (non-hydrogen) atoms. The lowest BCUT2D eigenvalue weighted by molar-refractivity contribution is 0.0845. The third kappa shape index (κ3) is 2.94. The fraction of sp³-hybridized carbons (Fsp3) is 0.417. The van der Waals surface area contributed by atoms with Crippen molar-refractivity contribution >= 4 is 27.5 Å². The Morgan fingerprint density at radius 2 is 2.05 bits per heavy atom. The maximum atomic E-state index is 14.1. The molecule has 8 heteroatoms. The van der Waals surface area contributed by atoms with Crippen LogP contribution < -0.4 is 10.5 Å². The SMILES string of the molecule is CC1(NC(=O)c2cc(Cl)cc(S(N)(=O)=O)c2F)CCC1. The number of benzene rings is 1. The molecule has 1 aliphatic carbocycles. The standard InChI is InChI=1S/C12H14ClFN2O3S/c1-12(3-2-4-12)16-11(17)8-5-7(13)6-9(10(8)14)20(15,18)19/h5-6H,2-4H2,1H3,(H,16,17)(H2,15,18,19). The summed E-state index contributed by atoms with van der Waals surface area (Å²) in [6.07, 6.45) is 2.57. The Hall–Kier alpha value is -1.18. The van der Waals surface area contributed by atoms with Gasteiger partial charge in [0, 0.05) is 10.6 Å². The molecular weight excluding hydrogens is 307 g/mol. The molecular formula is C12H14ClFN2O3S. The van der Waals surface area contributed by atoms with Crippen LogP contribution in [0.3, 0.4) is 0 Å². The molecule has 0 spiro atoms. The number of nitrogens with two attached hydrogens (primary N) is 1. The molecule has 0 atom stereocenters. The number of sulfonamides is 1. The van der Waals surface area contributed by atoms with Crippen LogP contribution in [0.4, 0.5) is 4.39 Å². The Kier molecular flexibility index (Phi) is 3.79. The van der Waals surface area contributed by atoms with Crippen molar-refractivity contribution in [2.75, 3.05) is 0 Å². The van der Waals surface area contributed by atoms with Gasteiger partial charge in [0.1, 0.15) is 4.90 Å². The van der Waals surface area contributed by atoms with Gasteiger partial charge >= 0.3 is 0 Å². The first-order chi connectivity index (χ1) is 9.12. The molecule has 0 aromatic heterocycles. The average Bonchev–Trinajstić information content (AvgIpc) is 2.28. The summed E-state index contributed by atoms with van der Waals surface area (Å²) in [4.78, 5) is 11.3. The van der Waals surface area contributed by atoms with E-state index in [1.807, 2.05) is 6.92 Å². The van der Waals surface area contributed by atoms with Gasteiger partial charge in [-0.1, -0.05) is 11.6 Å². The summed E-state index contributed by atoms with van der Waals surface area (Å²) in [5.41, 5.74) is -0.803. The number of amides is 1. The van der Waals surface area contributed by atoms with Crippen LogP contribution in [-0.4, -0.2) is 19.9 Å². The molecule has 1 aliphatic rings. The number of halogens is 2. The zero-order chi connectivity index (χ0) is 15.1. The summed E-state index contributed by atoms with van der Waals surface area (Å²) in [6, 6.07) is 1.97. The summed E-state index contributed by atoms with van der Waals surface area (Å²) in [5.74, 6) is -1.88. The summed E-state index contributed by atoms with van der Waals surface area (Å²) < 4.78 is 36.7. The van der Waals surface area contributed by atoms with Crippen LogP contribution in [0.25, 0.3) is 0 Å². The van der Waals surface area contributed by atoms with E-state index in [9.17, 15) is 17.6 Å². The van der Waals surface area contributed by atoms with Crippen LogP contribution in [0, 0.1) is 5.82 Å². The van der Waals surface area contributed by atoms with Gasteiger partial charge in [0.25, 0.3) is 5.91 Å². The quantitative estimate of drug-likeness (QED) is 0.890. The molecule has 1 amide bonds. The largest absolute Gasteiger partial charge is 0.347 e. The van der Waals surface area contributed by atoms with E-state index in [2.05, 4.69) is 5.32 Å². The Balaban J connectivity index is 2.41. The van der Waals surface area contributed by atoms with Crippen molar-refractivity contribution in [2.24, 2.45) is 5.14 Å². The number of carbonyl (C=O) groups is 1. The Morgan fingerprint density at radius 1 is 1.45 bits per heavy atom. The number of hydrogen-bond donors (Lipinski definition) is 2. The highest BCUT2D eigenvalue weighted by Crippen LogP contribution is 2.32. The highest BCUT2D eigenvalue weighted by atomic mass is 35.5. The first kappa shape index (κ1) is 15.2. The first-order valence-electron chi connectivity index (χ1n) is 5.97. The average molecular weight is 321 g/mol. The van der Waals surface area contributed by atoms with Crippen molar-refractivity contribution in [3.05, 3.63) is 28.5 Å². The molecule has 0 heterocycles. The van der Waals surface area contributed by atoms with Crippen LogP contribution in [0.2, 0.25) is 5.02 Å². The van der Waals surface area contributed by atoms with Crippen molar-refractivity contribution in [1.29, 1.82) is 0 Å². The number of primary sulfonamides is 1. The molecule has 0 aliphatic heterocycles. The van der Waals surface area contributed by atoms with Gasteiger partial charge in [-0.05, 0) is 38.3 Å². The topological polar surface area (TPSA) is 89.3 Å². The smallest absolute Gasteiger partial charge is 0.254 e. The van der Waals surface area contributed by atoms with Gasteiger partial charge in [0.15, 0.2) is 5.82 Å². The number of carbonyl (C=O) groups excluding carboxylic acids is 1. The van der Waals surface area contributed by atoms with Gasteiger partial charge in [-0.3, -0.25) is 4.79 Å². The second-order valence-corrected chi connectivity index (χ2v) is 7.15. The highest BCUT2D eigenvalue weighted by Gasteiger charge is 2.34. The van der Waals surface area contributed by atoms with E-state index in [4.69, 9.17) is 16.7 Å². The molecule has 0 radical (unpaired) electrons. The van der Waals surface area contributed by atoms with Crippen LogP contribution in [0.1, 0.15) is 36.5 Å². The van der Waals surface area contributed by atoms with Crippen molar-refractivity contribution in [3.63, 3.8) is 0 Å². The van der Waals surface area contributed by atoms with Crippen LogP contribution in [0.5, 0.6) is 0 Å². The third-order valence-corrected chi connectivity index (χ3v) is 4.56. The molecule has 1 aromatic carbocycles. The number of rotatable bonds is 3. The van der Waals surface area contributed by atoms with E-state index >= 15 is 0 Å². The fourth-order valence-electron chi connectivity index (χ4n) is 2.11. The number of nitrogens with one attached hydrogen (secondary N) is 1. The molecule has 5 nitrogen and oxygen atoms in total. The zero-order valence-electron chi connectivity index (χ0n) is 10.7. The second kappa shape index (κ2) is 4.98. The minimum absolute atomic E-state index is 0.0701. The van der Waals surface area contributed by atoms with Crippen LogP contribution >= 0.6 is 11.6 Å². The number of hydrogen-bond acceptors (Lipinski definition) is 3. The summed E-state index contributed by atoms with van der Waals surface area (Å²) >= 11 is 5.72.